The molecule has 0 spiro atoms. The number of hydrogen-bond donors (Lipinski definition) is 1. The van der Waals surface area contributed by atoms with Crippen LogP contribution in [0.25, 0.3) is 0 Å². The van der Waals surface area contributed by atoms with Crippen LogP contribution in [0.15, 0.2) is 0 Å². The predicted molar refractivity (Wildman–Crippen MR) is 40.4 cm³/mol. The van der Waals surface area contributed by atoms with E-state index in [4.69, 9.17) is 9.84 Å². The lowest BCUT2D eigenvalue weighted by molar-refractivity contribution is -0.160. The Morgan fingerprint density at radius 1 is 1.45 bits per heavy atom. The monoisotopic (exact) mass is 158 g/mol. The van der Waals surface area contributed by atoms with Gasteiger partial charge in [0, 0.05) is 0 Å². The second-order valence-corrected chi connectivity index (χ2v) is 3.35. The zero-order valence-corrected chi connectivity index (χ0v) is 6.91. The molecule has 1 aliphatic rings. The highest BCUT2D eigenvalue weighted by Crippen LogP contribution is 2.24. The van der Waals surface area contributed by atoms with Crippen molar-refractivity contribution in [2.45, 2.75) is 38.9 Å². The van der Waals surface area contributed by atoms with Gasteiger partial charge in [-0.25, -0.2) is 4.79 Å². The number of hydrogen-bond acceptors (Lipinski definition) is 2. The summed E-state index contributed by atoms with van der Waals surface area (Å²) in [6.45, 7) is 3.99. The van der Waals surface area contributed by atoms with E-state index in [1.165, 1.54) is 0 Å². The average molecular weight is 158 g/mol. The summed E-state index contributed by atoms with van der Waals surface area (Å²) in [5, 5.41) is 8.65. The van der Waals surface area contributed by atoms with E-state index in [9.17, 15) is 4.79 Å². The van der Waals surface area contributed by atoms with Gasteiger partial charge in [-0.05, 0) is 25.7 Å². The van der Waals surface area contributed by atoms with Crippen LogP contribution in [0.1, 0.15) is 26.7 Å². The molecule has 1 aliphatic heterocycles. The van der Waals surface area contributed by atoms with Crippen molar-refractivity contribution in [2.75, 3.05) is 0 Å². The minimum Gasteiger partial charge on any atom is -0.479 e. The fraction of sp³-hybridized carbons (Fsp3) is 0.875. The molecule has 1 saturated heterocycles. The van der Waals surface area contributed by atoms with Crippen molar-refractivity contribution in [1.29, 1.82) is 0 Å². The van der Waals surface area contributed by atoms with Crippen LogP contribution in [0, 0.1) is 5.92 Å². The van der Waals surface area contributed by atoms with Crippen molar-refractivity contribution in [2.24, 2.45) is 5.92 Å². The number of ether oxygens (including phenoxy) is 1. The topological polar surface area (TPSA) is 46.5 Å². The first-order valence-electron chi connectivity index (χ1n) is 3.98. The Hall–Kier alpha value is -0.570. The molecule has 3 nitrogen and oxygen atoms in total. The highest BCUT2D eigenvalue weighted by Gasteiger charge is 2.28. The molecule has 0 aromatic carbocycles. The molecule has 0 amide bonds. The first-order chi connectivity index (χ1) is 5.09. The zero-order valence-electron chi connectivity index (χ0n) is 6.91. The number of rotatable bonds is 1. The van der Waals surface area contributed by atoms with E-state index in [2.05, 4.69) is 6.92 Å². The summed E-state index contributed by atoms with van der Waals surface area (Å²) in [6.07, 6.45) is 1.15. The van der Waals surface area contributed by atoms with E-state index in [1.54, 1.807) is 0 Å². The Morgan fingerprint density at radius 3 is 2.55 bits per heavy atom. The minimum absolute atomic E-state index is 0.0971. The molecular weight excluding hydrogens is 144 g/mol. The third-order valence-corrected chi connectivity index (χ3v) is 2.02. The molecule has 0 aliphatic carbocycles. The quantitative estimate of drug-likeness (QED) is 0.625. The summed E-state index contributed by atoms with van der Waals surface area (Å²) in [6, 6.07) is 0. The van der Waals surface area contributed by atoms with Crippen LogP contribution < -0.4 is 0 Å². The number of carbonyl (C=O) groups is 1. The molecule has 0 bridgehead atoms. The molecule has 1 N–H and O–H groups in total. The Bertz CT molecular complexity index is 145. The van der Waals surface area contributed by atoms with Crippen LogP contribution in [-0.4, -0.2) is 23.3 Å². The second kappa shape index (κ2) is 3.22. The molecule has 1 fully saturated rings. The van der Waals surface area contributed by atoms with Gasteiger partial charge in [-0.3, -0.25) is 0 Å². The molecule has 64 valence electrons. The highest BCUT2D eigenvalue weighted by atomic mass is 16.5. The normalized spacial score (nSPS) is 38.5. The van der Waals surface area contributed by atoms with Gasteiger partial charge in [0.05, 0.1) is 6.10 Å². The van der Waals surface area contributed by atoms with Crippen LogP contribution in [0.2, 0.25) is 0 Å². The van der Waals surface area contributed by atoms with Crippen molar-refractivity contribution < 1.29 is 14.6 Å². The SMILES string of the molecule is CC1C[C@@H](C)C[C@@H](C(=O)O)O1. The third-order valence-electron chi connectivity index (χ3n) is 2.02. The predicted octanol–water partition coefficient (Wildman–Crippen LogP) is 1.27. The van der Waals surface area contributed by atoms with Crippen molar-refractivity contribution in [3.63, 3.8) is 0 Å². The van der Waals surface area contributed by atoms with E-state index in [0.717, 1.165) is 6.42 Å². The van der Waals surface area contributed by atoms with Crippen molar-refractivity contribution in [3.8, 4) is 0 Å². The summed E-state index contributed by atoms with van der Waals surface area (Å²) in [5.74, 6) is -0.358. The standard InChI is InChI=1S/C8H14O3/c1-5-3-6(2)11-7(4-5)8(9)10/h5-7H,3-4H2,1-2H3,(H,9,10)/t5-,6?,7+/m1/s1. The Balaban J connectivity index is 2.49. The maximum Gasteiger partial charge on any atom is 0.332 e. The van der Waals surface area contributed by atoms with Gasteiger partial charge >= 0.3 is 5.97 Å². The van der Waals surface area contributed by atoms with Gasteiger partial charge in [0.2, 0.25) is 0 Å². The van der Waals surface area contributed by atoms with Gasteiger partial charge < -0.3 is 9.84 Å². The largest absolute Gasteiger partial charge is 0.479 e. The molecule has 0 saturated carbocycles. The van der Waals surface area contributed by atoms with Crippen LogP contribution in [0.3, 0.4) is 0 Å². The first-order valence-corrected chi connectivity index (χ1v) is 3.98. The summed E-state index contributed by atoms with van der Waals surface area (Å²) < 4.78 is 5.22. The van der Waals surface area contributed by atoms with E-state index < -0.39 is 12.1 Å². The van der Waals surface area contributed by atoms with Gasteiger partial charge in [0.25, 0.3) is 0 Å². The van der Waals surface area contributed by atoms with Gasteiger partial charge in [-0.15, -0.1) is 0 Å². The van der Waals surface area contributed by atoms with Crippen LogP contribution in [-0.2, 0) is 9.53 Å². The van der Waals surface area contributed by atoms with Gasteiger partial charge in [0.15, 0.2) is 6.10 Å². The molecule has 3 atom stereocenters. The lowest BCUT2D eigenvalue weighted by Gasteiger charge is -2.29. The summed E-state index contributed by atoms with van der Waals surface area (Å²) >= 11 is 0. The highest BCUT2D eigenvalue weighted by molar-refractivity contribution is 5.72. The lowest BCUT2D eigenvalue weighted by Crippen LogP contribution is -2.35. The molecule has 3 heteroatoms. The molecule has 0 aromatic rings. The molecule has 0 aromatic heterocycles. The van der Waals surface area contributed by atoms with E-state index in [1.807, 2.05) is 6.92 Å². The van der Waals surface area contributed by atoms with Gasteiger partial charge in [-0.1, -0.05) is 6.92 Å². The Kier molecular flexibility index (Phi) is 2.49. The number of aliphatic carboxylic acids is 1. The maximum absolute atomic E-state index is 10.5. The molecule has 1 heterocycles. The van der Waals surface area contributed by atoms with E-state index in [0.29, 0.717) is 12.3 Å². The number of carboxylic acids is 1. The smallest absolute Gasteiger partial charge is 0.332 e. The molecule has 0 radical (unpaired) electrons. The summed E-state index contributed by atoms with van der Waals surface area (Å²) in [4.78, 5) is 10.5. The average Bonchev–Trinajstić information content (AvgIpc) is 1.85. The van der Waals surface area contributed by atoms with Gasteiger partial charge in [0.1, 0.15) is 0 Å². The molecule has 1 rings (SSSR count). The summed E-state index contributed by atoms with van der Waals surface area (Å²) in [7, 11) is 0. The van der Waals surface area contributed by atoms with Crippen molar-refractivity contribution in [1.82, 2.24) is 0 Å². The fourth-order valence-electron chi connectivity index (χ4n) is 1.58. The zero-order chi connectivity index (χ0) is 8.43. The molecular formula is C8H14O3. The second-order valence-electron chi connectivity index (χ2n) is 3.35. The Morgan fingerprint density at radius 2 is 2.09 bits per heavy atom. The minimum atomic E-state index is -0.830. The maximum atomic E-state index is 10.5. The third kappa shape index (κ3) is 2.19. The number of carboxylic acid groups (broad SMARTS) is 1. The van der Waals surface area contributed by atoms with E-state index in [-0.39, 0.29) is 6.10 Å². The van der Waals surface area contributed by atoms with Crippen LogP contribution in [0.5, 0.6) is 0 Å². The van der Waals surface area contributed by atoms with E-state index >= 15 is 0 Å². The fourth-order valence-corrected chi connectivity index (χ4v) is 1.58. The van der Waals surface area contributed by atoms with Gasteiger partial charge in [-0.2, -0.15) is 0 Å². The van der Waals surface area contributed by atoms with Crippen LogP contribution >= 0.6 is 0 Å². The first kappa shape index (κ1) is 8.53. The van der Waals surface area contributed by atoms with Crippen molar-refractivity contribution >= 4 is 5.97 Å². The molecule has 1 unspecified atom stereocenters. The van der Waals surface area contributed by atoms with Crippen LogP contribution in [0.4, 0.5) is 0 Å². The molecule has 11 heavy (non-hydrogen) atoms. The van der Waals surface area contributed by atoms with Crippen molar-refractivity contribution in [3.05, 3.63) is 0 Å². The lowest BCUT2D eigenvalue weighted by atomic mass is 9.94. The Labute approximate surface area is 66.4 Å². The summed E-state index contributed by atoms with van der Waals surface area (Å²) in [5.41, 5.74) is 0.